The molecule has 0 saturated carbocycles. The predicted molar refractivity (Wildman–Crippen MR) is 91.8 cm³/mol. The van der Waals surface area contributed by atoms with Gasteiger partial charge in [0.15, 0.2) is 11.5 Å². The third-order valence-electron chi connectivity index (χ3n) is 3.70. The zero-order chi connectivity index (χ0) is 15.0. The Labute approximate surface area is 132 Å². The average Bonchev–Trinajstić information content (AvgIpc) is 2.52. The minimum Gasteiger partial charge on any atom is -0.493 e. The van der Waals surface area contributed by atoms with Gasteiger partial charge in [0.25, 0.3) is 0 Å². The molecule has 0 aliphatic rings. The molecule has 0 atom stereocenters. The lowest BCUT2D eigenvalue weighted by atomic mass is 9.99. The number of halogens is 1. The smallest absolute Gasteiger partial charge is 0.169 e. The molecule has 0 unspecified atom stereocenters. The molecular formula is C17H16BrNO2. The maximum Gasteiger partial charge on any atom is 0.169 e. The molecule has 0 radical (unpaired) electrons. The van der Waals surface area contributed by atoms with E-state index in [1.165, 1.54) is 0 Å². The van der Waals surface area contributed by atoms with E-state index < -0.39 is 0 Å². The molecule has 1 N–H and O–H groups in total. The number of anilines is 1. The van der Waals surface area contributed by atoms with Crippen molar-refractivity contribution >= 4 is 43.2 Å². The summed E-state index contributed by atoms with van der Waals surface area (Å²) in [5, 5.41) is 7.71. The maximum atomic E-state index is 5.61. The second-order valence-corrected chi connectivity index (χ2v) is 5.59. The van der Waals surface area contributed by atoms with E-state index in [0.29, 0.717) is 0 Å². The molecule has 0 amide bonds. The van der Waals surface area contributed by atoms with Gasteiger partial charge in [0, 0.05) is 28.0 Å². The van der Waals surface area contributed by atoms with Crippen molar-refractivity contribution in [1.82, 2.24) is 0 Å². The fourth-order valence-electron chi connectivity index (χ4n) is 2.77. The van der Waals surface area contributed by atoms with Crippen LogP contribution in [0.25, 0.3) is 21.5 Å². The molecule has 3 rings (SSSR count). The topological polar surface area (TPSA) is 30.5 Å². The van der Waals surface area contributed by atoms with E-state index in [0.717, 1.165) is 43.2 Å². The average molecular weight is 346 g/mol. The third-order valence-corrected chi connectivity index (χ3v) is 4.36. The first-order chi connectivity index (χ1) is 10.2. The molecule has 4 heteroatoms. The second kappa shape index (κ2) is 5.45. The number of fused-ring (bicyclic) bond motifs is 3. The van der Waals surface area contributed by atoms with Crippen LogP contribution in [-0.2, 0) is 0 Å². The highest BCUT2D eigenvalue weighted by molar-refractivity contribution is 9.10. The van der Waals surface area contributed by atoms with Gasteiger partial charge in [0.2, 0.25) is 0 Å². The van der Waals surface area contributed by atoms with Crippen molar-refractivity contribution in [3.05, 3.63) is 40.9 Å². The van der Waals surface area contributed by atoms with Crippen molar-refractivity contribution in [2.24, 2.45) is 0 Å². The van der Waals surface area contributed by atoms with Crippen molar-refractivity contribution in [1.29, 1.82) is 0 Å². The van der Waals surface area contributed by atoms with Crippen LogP contribution in [0.1, 0.15) is 0 Å². The van der Waals surface area contributed by atoms with Crippen molar-refractivity contribution in [3.8, 4) is 11.5 Å². The first-order valence-corrected chi connectivity index (χ1v) is 7.44. The van der Waals surface area contributed by atoms with E-state index >= 15 is 0 Å². The summed E-state index contributed by atoms with van der Waals surface area (Å²) in [7, 11) is 5.26. The highest BCUT2D eigenvalue weighted by Crippen LogP contribution is 2.43. The van der Waals surface area contributed by atoms with E-state index in [1.807, 2.05) is 25.2 Å². The van der Waals surface area contributed by atoms with Gasteiger partial charge in [-0.25, -0.2) is 0 Å². The van der Waals surface area contributed by atoms with Crippen LogP contribution < -0.4 is 14.8 Å². The van der Waals surface area contributed by atoms with Crippen LogP contribution in [-0.4, -0.2) is 21.3 Å². The van der Waals surface area contributed by atoms with Gasteiger partial charge in [-0.2, -0.15) is 0 Å². The minimum absolute atomic E-state index is 0.739. The van der Waals surface area contributed by atoms with Crippen LogP contribution in [0.4, 0.5) is 5.69 Å². The van der Waals surface area contributed by atoms with E-state index in [9.17, 15) is 0 Å². The lowest BCUT2D eigenvalue weighted by Gasteiger charge is -2.16. The number of hydrogen-bond acceptors (Lipinski definition) is 3. The van der Waals surface area contributed by atoms with Gasteiger partial charge in [-0.15, -0.1) is 0 Å². The zero-order valence-corrected chi connectivity index (χ0v) is 13.7. The quantitative estimate of drug-likeness (QED) is 0.690. The molecule has 108 valence electrons. The molecule has 0 heterocycles. The predicted octanol–water partition coefficient (Wildman–Crippen LogP) is 4.81. The Morgan fingerprint density at radius 1 is 1.00 bits per heavy atom. The summed E-state index contributed by atoms with van der Waals surface area (Å²) in [4.78, 5) is 0. The summed E-state index contributed by atoms with van der Waals surface area (Å²) >= 11 is 3.64. The van der Waals surface area contributed by atoms with Crippen LogP contribution in [0.2, 0.25) is 0 Å². The SMILES string of the molecule is CNc1cc2ccc(OC)c(OC)c2c2cccc(Br)c12. The van der Waals surface area contributed by atoms with Crippen LogP contribution in [0.3, 0.4) is 0 Å². The molecule has 0 aliphatic heterocycles. The molecule has 3 nitrogen and oxygen atoms in total. The molecule has 0 aromatic heterocycles. The van der Waals surface area contributed by atoms with E-state index in [1.54, 1.807) is 14.2 Å². The largest absolute Gasteiger partial charge is 0.493 e. The Kier molecular flexibility index (Phi) is 3.64. The van der Waals surface area contributed by atoms with E-state index in [-0.39, 0.29) is 0 Å². The fourth-order valence-corrected chi connectivity index (χ4v) is 3.35. The number of rotatable bonds is 3. The normalized spacial score (nSPS) is 10.9. The minimum atomic E-state index is 0.739. The van der Waals surface area contributed by atoms with E-state index in [4.69, 9.17) is 9.47 Å². The Morgan fingerprint density at radius 2 is 1.81 bits per heavy atom. The first-order valence-electron chi connectivity index (χ1n) is 6.65. The summed E-state index contributed by atoms with van der Waals surface area (Å²) < 4.78 is 12.1. The molecule has 21 heavy (non-hydrogen) atoms. The maximum absolute atomic E-state index is 5.61. The van der Waals surface area contributed by atoms with Gasteiger partial charge in [-0.1, -0.05) is 34.1 Å². The number of methoxy groups -OCH3 is 2. The molecular weight excluding hydrogens is 330 g/mol. The monoisotopic (exact) mass is 345 g/mol. The number of benzene rings is 3. The lowest BCUT2D eigenvalue weighted by molar-refractivity contribution is 0.359. The number of ether oxygens (including phenoxy) is 2. The molecule has 0 saturated heterocycles. The number of hydrogen-bond donors (Lipinski definition) is 1. The summed E-state index contributed by atoms with van der Waals surface area (Å²) in [5.41, 5.74) is 1.08. The Balaban J connectivity index is 2.58. The summed E-state index contributed by atoms with van der Waals surface area (Å²) in [6, 6.07) is 12.3. The fraction of sp³-hybridized carbons (Fsp3) is 0.176. The van der Waals surface area contributed by atoms with Crippen LogP contribution in [0.15, 0.2) is 40.9 Å². The van der Waals surface area contributed by atoms with Crippen LogP contribution in [0, 0.1) is 0 Å². The Morgan fingerprint density at radius 3 is 2.48 bits per heavy atom. The molecule has 0 spiro atoms. The van der Waals surface area contributed by atoms with Gasteiger partial charge >= 0.3 is 0 Å². The van der Waals surface area contributed by atoms with Crippen LogP contribution >= 0.6 is 15.9 Å². The zero-order valence-electron chi connectivity index (χ0n) is 12.2. The first kappa shape index (κ1) is 14.0. The highest BCUT2D eigenvalue weighted by Gasteiger charge is 2.15. The van der Waals surface area contributed by atoms with Gasteiger partial charge < -0.3 is 14.8 Å². The summed E-state index contributed by atoms with van der Waals surface area (Å²) in [6.07, 6.45) is 0. The third kappa shape index (κ3) is 2.10. The molecule has 0 bridgehead atoms. The summed E-state index contributed by atoms with van der Waals surface area (Å²) in [6.45, 7) is 0. The van der Waals surface area contributed by atoms with Crippen molar-refractivity contribution in [2.75, 3.05) is 26.6 Å². The highest BCUT2D eigenvalue weighted by atomic mass is 79.9. The van der Waals surface area contributed by atoms with Gasteiger partial charge in [-0.05, 0) is 29.0 Å². The van der Waals surface area contributed by atoms with E-state index in [2.05, 4.69) is 39.4 Å². The molecule has 0 aliphatic carbocycles. The van der Waals surface area contributed by atoms with Crippen molar-refractivity contribution < 1.29 is 9.47 Å². The molecule has 0 fully saturated rings. The summed E-state index contributed by atoms with van der Waals surface area (Å²) in [5.74, 6) is 1.50. The Hall–Kier alpha value is -1.94. The lowest BCUT2D eigenvalue weighted by Crippen LogP contribution is -1.95. The van der Waals surface area contributed by atoms with Gasteiger partial charge in [0.05, 0.1) is 14.2 Å². The number of nitrogens with one attached hydrogen (secondary N) is 1. The second-order valence-electron chi connectivity index (χ2n) is 4.74. The van der Waals surface area contributed by atoms with Gasteiger partial charge in [-0.3, -0.25) is 0 Å². The standard InChI is InChI=1S/C17H16BrNO2/c1-19-13-9-10-7-8-14(20-2)17(21-3)15(10)11-5-4-6-12(18)16(11)13/h4-9,19H,1-3H3. The molecule has 3 aromatic rings. The molecule has 3 aromatic carbocycles. The van der Waals surface area contributed by atoms with Crippen molar-refractivity contribution in [2.45, 2.75) is 0 Å². The van der Waals surface area contributed by atoms with Crippen LogP contribution in [0.5, 0.6) is 11.5 Å². The van der Waals surface area contributed by atoms with Gasteiger partial charge in [0.1, 0.15) is 0 Å². The van der Waals surface area contributed by atoms with Crippen molar-refractivity contribution in [3.63, 3.8) is 0 Å². The Bertz CT molecular complexity index is 830.